The van der Waals surface area contributed by atoms with E-state index in [-0.39, 0.29) is 48.2 Å². The van der Waals surface area contributed by atoms with E-state index < -0.39 is 42.4 Å². The molecular formula is C10H17N3NaO6S+. The van der Waals surface area contributed by atoms with Crippen LogP contribution < -0.4 is 51.0 Å². The minimum absolute atomic E-state index is 0. The van der Waals surface area contributed by atoms with Gasteiger partial charge in [-0.2, -0.15) is 12.6 Å². The Morgan fingerprint density at radius 2 is 1.86 bits per heavy atom. The molecule has 0 radical (unpaired) electrons. The van der Waals surface area contributed by atoms with Crippen LogP contribution in [-0.2, 0) is 19.2 Å². The first-order valence-corrected chi connectivity index (χ1v) is 6.34. The Kier molecular flexibility index (Phi) is 12.6. The Labute approximate surface area is 148 Å². The smallest absolute Gasteiger partial charge is 0.548 e. The molecule has 0 rings (SSSR count). The summed E-state index contributed by atoms with van der Waals surface area (Å²) < 4.78 is 0. The van der Waals surface area contributed by atoms with E-state index in [1.807, 2.05) is 0 Å². The minimum atomic E-state index is -1.45. The molecule has 0 aromatic heterocycles. The molecule has 9 nitrogen and oxygen atoms in total. The third-order valence-corrected chi connectivity index (χ3v) is 2.68. The van der Waals surface area contributed by atoms with Gasteiger partial charge in [-0.05, 0) is 0 Å². The van der Waals surface area contributed by atoms with E-state index in [1.165, 1.54) is 0 Å². The van der Waals surface area contributed by atoms with Crippen LogP contribution in [0.2, 0.25) is 0 Å². The summed E-state index contributed by atoms with van der Waals surface area (Å²) in [6, 6.07) is -1.92. The number of aliphatic carboxylic acids is 2. The van der Waals surface area contributed by atoms with E-state index in [2.05, 4.69) is 29.0 Å². The number of carboxylic acid groups (broad SMARTS) is 2. The van der Waals surface area contributed by atoms with Crippen molar-refractivity contribution in [2.24, 2.45) is 0 Å². The number of amides is 2. The quantitative estimate of drug-likeness (QED) is 0.208. The van der Waals surface area contributed by atoms with Crippen LogP contribution in [0, 0.1) is 0 Å². The molecule has 0 aliphatic carbocycles. The maximum atomic E-state index is 11.5. The van der Waals surface area contributed by atoms with Crippen molar-refractivity contribution in [1.29, 1.82) is 0 Å². The Morgan fingerprint density at radius 1 is 1.29 bits per heavy atom. The van der Waals surface area contributed by atoms with Gasteiger partial charge in [0.2, 0.25) is 11.8 Å². The summed E-state index contributed by atoms with van der Waals surface area (Å²) in [6.07, 6.45) is -0.0837. The second-order valence-corrected chi connectivity index (χ2v) is 4.33. The van der Waals surface area contributed by atoms with Crippen molar-refractivity contribution >= 4 is 36.4 Å². The van der Waals surface area contributed by atoms with Crippen LogP contribution in [0.1, 0.15) is 12.8 Å². The van der Waals surface area contributed by atoms with Crippen molar-refractivity contribution in [3.63, 3.8) is 0 Å². The molecule has 0 bridgehead atoms. The molecule has 0 fully saturated rings. The predicted molar refractivity (Wildman–Crippen MR) is 67.3 cm³/mol. The molecule has 6 N–H and O–H groups in total. The maximum absolute atomic E-state index is 11.5. The van der Waals surface area contributed by atoms with Crippen molar-refractivity contribution in [3.05, 3.63) is 0 Å². The van der Waals surface area contributed by atoms with E-state index in [1.54, 1.807) is 0 Å². The van der Waals surface area contributed by atoms with Crippen LogP contribution in [0.3, 0.4) is 0 Å². The van der Waals surface area contributed by atoms with E-state index in [0.29, 0.717) is 0 Å². The average molecular weight is 330 g/mol. The topological polar surface area (TPSA) is 163 Å². The van der Waals surface area contributed by atoms with Gasteiger partial charge in [0.15, 0.2) is 6.04 Å². The third kappa shape index (κ3) is 10.5. The van der Waals surface area contributed by atoms with Gasteiger partial charge in [-0.25, -0.2) is 4.79 Å². The summed E-state index contributed by atoms with van der Waals surface area (Å²) in [5.74, 6) is -3.85. The molecule has 0 heterocycles. The third-order valence-electron chi connectivity index (χ3n) is 2.31. The van der Waals surface area contributed by atoms with E-state index >= 15 is 0 Å². The van der Waals surface area contributed by atoms with Crippen LogP contribution in [0.25, 0.3) is 0 Å². The molecule has 114 valence electrons. The monoisotopic (exact) mass is 330 g/mol. The molecule has 0 aromatic rings. The Morgan fingerprint density at radius 3 is 2.29 bits per heavy atom. The molecule has 2 amide bonds. The molecule has 0 aromatic carbocycles. The zero-order chi connectivity index (χ0) is 15.7. The van der Waals surface area contributed by atoms with Gasteiger partial charge >= 0.3 is 35.5 Å². The van der Waals surface area contributed by atoms with Crippen LogP contribution in [-0.4, -0.2) is 53.2 Å². The molecule has 0 saturated carbocycles. The van der Waals surface area contributed by atoms with Gasteiger partial charge in [0.05, 0.1) is 12.5 Å². The molecule has 0 aliphatic heterocycles. The number of hydrogen-bond donors (Lipinski definition) is 5. The molecule has 11 heteroatoms. The predicted octanol–water partition coefficient (Wildman–Crippen LogP) is -7.25. The van der Waals surface area contributed by atoms with Crippen LogP contribution in [0.4, 0.5) is 0 Å². The van der Waals surface area contributed by atoms with E-state index in [0.717, 1.165) is 0 Å². The van der Waals surface area contributed by atoms with E-state index in [9.17, 15) is 24.3 Å². The van der Waals surface area contributed by atoms with Gasteiger partial charge in [0.25, 0.3) is 0 Å². The second kappa shape index (κ2) is 11.8. The molecular weight excluding hydrogens is 313 g/mol. The summed E-state index contributed by atoms with van der Waals surface area (Å²) in [5, 5.41) is 23.2. The first-order valence-electron chi connectivity index (χ1n) is 5.71. The minimum Gasteiger partial charge on any atom is -0.548 e. The summed E-state index contributed by atoms with van der Waals surface area (Å²) in [5.41, 5.74) is 3.35. The summed E-state index contributed by atoms with van der Waals surface area (Å²) in [7, 11) is 0. The van der Waals surface area contributed by atoms with Crippen molar-refractivity contribution in [3.8, 4) is 0 Å². The van der Waals surface area contributed by atoms with Crippen LogP contribution in [0.5, 0.6) is 0 Å². The number of carboxylic acids is 2. The molecule has 0 spiro atoms. The number of carbonyl (C=O) groups excluding carboxylic acids is 3. The second-order valence-electron chi connectivity index (χ2n) is 3.97. The Bertz CT molecular complexity index is 395. The molecule has 0 aliphatic rings. The van der Waals surface area contributed by atoms with Gasteiger partial charge in [-0.15, -0.1) is 0 Å². The van der Waals surface area contributed by atoms with Gasteiger partial charge in [0.1, 0.15) is 6.04 Å². The normalized spacial score (nSPS) is 12.5. The van der Waals surface area contributed by atoms with E-state index in [4.69, 9.17) is 5.11 Å². The Balaban J connectivity index is 0. The van der Waals surface area contributed by atoms with Gasteiger partial charge in [-0.1, -0.05) is 0 Å². The molecule has 2 atom stereocenters. The fraction of sp³-hybridized carbons (Fsp3) is 0.600. The van der Waals surface area contributed by atoms with Gasteiger partial charge < -0.3 is 31.4 Å². The zero-order valence-corrected chi connectivity index (χ0v) is 14.5. The molecule has 2 unspecified atom stereocenters. The summed E-state index contributed by atoms with van der Waals surface area (Å²) in [6.45, 7) is -0.668. The maximum Gasteiger partial charge on any atom is 1.00 e. The number of thiol groups is 1. The van der Waals surface area contributed by atoms with Crippen LogP contribution >= 0.6 is 12.6 Å². The summed E-state index contributed by atoms with van der Waals surface area (Å²) in [4.78, 5) is 43.7. The molecule has 0 saturated heterocycles. The number of carbonyl (C=O) groups is 4. The number of rotatable bonds is 9. The van der Waals surface area contributed by atoms with Gasteiger partial charge in [-0.3, -0.25) is 9.59 Å². The first kappa shape index (κ1) is 22.5. The number of quaternary nitrogens is 1. The summed E-state index contributed by atoms with van der Waals surface area (Å²) >= 11 is 3.87. The Hall–Kier alpha value is -0.810. The fourth-order valence-corrected chi connectivity index (χ4v) is 1.43. The largest absolute Gasteiger partial charge is 1.00 e. The van der Waals surface area contributed by atoms with Gasteiger partial charge in [0, 0.05) is 18.6 Å². The number of hydrogen-bond acceptors (Lipinski definition) is 6. The fourth-order valence-electron chi connectivity index (χ4n) is 1.17. The van der Waals surface area contributed by atoms with Crippen molar-refractivity contribution < 1.29 is 64.7 Å². The van der Waals surface area contributed by atoms with Crippen molar-refractivity contribution in [2.75, 3.05) is 12.3 Å². The number of nitrogens with one attached hydrogen (secondary N) is 2. The van der Waals surface area contributed by atoms with Crippen molar-refractivity contribution in [2.45, 2.75) is 24.9 Å². The average Bonchev–Trinajstić information content (AvgIpc) is 2.38. The SMILES string of the molecule is [NH3+]C(CCC(=O)NC(CS)C(=O)NCC(=O)[O-])C(=O)O.[Na+]. The van der Waals surface area contributed by atoms with Crippen molar-refractivity contribution in [1.82, 2.24) is 10.6 Å². The standard InChI is InChI=1S/C10H17N3O6S.Na/c11-5(10(18)19)1-2-7(14)13-6(4-20)9(17)12-3-8(15)16;/h5-6,20H,1-4,11H2,(H,12,17)(H,13,14)(H,15,16)(H,18,19);/q;+1. The first-order chi connectivity index (χ1) is 9.27. The van der Waals surface area contributed by atoms with Crippen LogP contribution in [0.15, 0.2) is 0 Å². The molecule has 21 heavy (non-hydrogen) atoms. The zero-order valence-electron chi connectivity index (χ0n) is 11.6.